The molecule has 5 nitrogen and oxygen atoms in total. The third-order valence-corrected chi connectivity index (χ3v) is 3.29. The van der Waals surface area contributed by atoms with Crippen LogP contribution in [0.5, 0.6) is 0 Å². The van der Waals surface area contributed by atoms with E-state index in [0.29, 0.717) is 22.0 Å². The molecule has 6 heteroatoms. The zero-order valence-electron chi connectivity index (χ0n) is 12.0. The van der Waals surface area contributed by atoms with Crippen molar-refractivity contribution in [3.63, 3.8) is 0 Å². The van der Waals surface area contributed by atoms with Gasteiger partial charge in [0.15, 0.2) is 0 Å². The van der Waals surface area contributed by atoms with Crippen molar-refractivity contribution in [3.8, 4) is 0 Å². The van der Waals surface area contributed by atoms with Crippen molar-refractivity contribution in [2.24, 2.45) is 5.73 Å². The van der Waals surface area contributed by atoms with Crippen LogP contribution >= 0.6 is 11.6 Å². The lowest BCUT2D eigenvalue weighted by molar-refractivity contribution is -0.116. The number of halogens is 1. The van der Waals surface area contributed by atoms with Crippen LogP contribution in [-0.2, 0) is 4.79 Å². The first kappa shape index (κ1) is 15.9. The summed E-state index contributed by atoms with van der Waals surface area (Å²) in [5.41, 5.74) is 6.92. The average Bonchev–Trinajstić information content (AvgIpc) is 2.49. The lowest BCUT2D eigenvalue weighted by atomic mass is 10.1. The summed E-state index contributed by atoms with van der Waals surface area (Å²) in [6.45, 7) is 1.72. The van der Waals surface area contributed by atoms with Gasteiger partial charge in [0.1, 0.15) is 6.04 Å². The largest absolute Gasteiger partial charge is 0.374 e. The molecule has 0 aromatic heterocycles. The molecule has 2 amide bonds. The molecular formula is C16H16ClN3O2. The van der Waals surface area contributed by atoms with E-state index in [1.165, 1.54) is 0 Å². The molecule has 0 bridgehead atoms. The fourth-order valence-electron chi connectivity index (χ4n) is 1.86. The molecule has 2 rings (SSSR count). The van der Waals surface area contributed by atoms with Gasteiger partial charge in [-0.1, -0.05) is 17.7 Å². The highest BCUT2D eigenvalue weighted by atomic mass is 35.5. The SMILES string of the molecule is C[C@@H](Nc1cccc(C(N)=O)c1)C(=O)Nc1ccc(Cl)cc1. The Bertz CT molecular complexity index is 686. The number of amides is 2. The van der Waals surface area contributed by atoms with Gasteiger partial charge in [-0.3, -0.25) is 9.59 Å². The zero-order valence-corrected chi connectivity index (χ0v) is 12.7. The zero-order chi connectivity index (χ0) is 16.1. The summed E-state index contributed by atoms with van der Waals surface area (Å²) < 4.78 is 0. The van der Waals surface area contributed by atoms with Crippen molar-refractivity contribution in [2.75, 3.05) is 10.6 Å². The van der Waals surface area contributed by atoms with Crippen LogP contribution in [0.3, 0.4) is 0 Å². The number of benzene rings is 2. The molecule has 0 heterocycles. The van der Waals surface area contributed by atoms with Crippen LogP contribution < -0.4 is 16.4 Å². The molecule has 114 valence electrons. The number of nitrogens with one attached hydrogen (secondary N) is 2. The number of anilines is 2. The Morgan fingerprint density at radius 2 is 1.77 bits per heavy atom. The van der Waals surface area contributed by atoms with Crippen molar-refractivity contribution < 1.29 is 9.59 Å². The number of rotatable bonds is 5. The molecule has 0 radical (unpaired) electrons. The Labute approximate surface area is 133 Å². The van der Waals surface area contributed by atoms with Crippen LogP contribution in [0.4, 0.5) is 11.4 Å². The number of primary amides is 1. The lowest BCUT2D eigenvalue weighted by Gasteiger charge is -2.15. The van der Waals surface area contributed by atoms with Crippen LogP contribution in [0.15, 0.2) is 48.5 Å². The van der Waals surface area contributed by atoms with Gasteiger partial charge >= 0.3 is 0 Å². The van der Waals surface area contributed by atoms with Gasteiger partial charge in [-0.25, -0.2) is 0 Å². The van der Waals surface area contributed by atoms with Crippen LogP contribution in [0.2, 0.25) is 5.02 Å². The topological polar surface area (TPSA) is 84.2 Å². The fraction of sp³-hybridized carbons (Fsp3) is 0.125. The van der Waals surface area contributed by atoms with Gasteiger partial charge in [-0.2, -0.15) is 0 Å². The maximum atomic E-state index is 12.1. The number of nitrogens with two attached hydrogens (primary N) is 1. The van der Waals surface area contributed by atoms with E-state index < -0.39 is 11.9 Å². The Kier molecular flexibility index (Phi) is 5.01. The summed E-state index contributed by atoms with van der Waals surface area (Å²) in [7, 11) is 0. The van der Waals surface area contributed by atoms with Crippen molar-refractivity contribution >= 4 is 34.8 Å². The molecule has 0 fully saturated rings. The Morgan fingerprint density at radius 3 is 2.41 bits per heavy atom. The van der Waals surface area contributed by atoms with E-state index in [1.54, 1.807) is 55.5 Å². The quantitative estimate of drug-likeness (QED) is 0.792. The standard InChI is InChI=1S/C16H16ClN3O2/c1-10(16(22)20-13-7-5-12(17)6-8-13)19-14-4-2-3-11(9-14)15(18)21/h2-10,19H,1H3,(H2,18,21)(H,20,22)/t10-/m1/s1. The van der Waals surface area contributed by atoms with Gasteiger partial charge in [-0.15, -0.1) is 0 Å². The van der Waals surface area contributed by atoms with Gasteiger partial charge in [0, 0.05) is 22.0 Å². The fourth-order valence-corrected chi connectivity index (χ4v) is 1.99. The molecule has 0 saturated heterocycles. The van der Waals surface area contributed by atoms with E-state index in [2.05, 4.69) is 10.6 Å². The van der Waals surface area contributed by atoms with Crippen LogP contribution in [0.25, 0.3) is 0 Å². The van der Waals surface area contributed by atoms with Crippen molar-refractivity contribution in [3.05, 3.63) is 59.1 Å². The number of hydrogen-bond donors (Lipinski definition) is 3. The maximum Gasteiger partial charge on any atom is 0.248 e. The predicted octanol–water partition coefficient (Wildman–Crippen LogP) is 2.88. The number of carbonyl (C=O) groups excluding carboxylic acids is 2. The van der Waals surface area contributed by atoms with E-state index in [9.17, 15) is 9.59 Å². The van der Waals surface area contributed by atoms with Crippen LogP contribution in [0.1, 0.15) is 17.3 Å². The molecule has 1 atom stereocenters. The summed E-state index contributed by atoms with van der Waals surface area (Å²) in [4.78, 5) is 23.3. The van der Waals surface area contributed by atoms with Gasteiger partial charge in [0.05, 0.1) is 0 Å². The molecule has 4 N–H and O–H groups in total. The number of carbonyl (C=O) groups is 2. The highest BCUT2D eigenvalue weighted by molar-refractivity contribution is 6.30. The second-order valence-electron chi connectivity index (χ2n) is 4.81. The molecule has 0 unspecified atom stereocenters. The summed E-state index contributed by atoms with van der Waals surface area (Å²) >= 11 is 5.80. The van der Waals surface area contributed by atoms with E-state index in [0.717, 1.165) is 0 Å². The molecular weight excluding hydrogens is 302 g/mol. The van der Waals surface area contributed by atoms with Gasteiger partial charge in [0.2, 0.25) is 11.8 Å². The van der Waals surface area contributed by atoms with Crippen LogP contribution in [-0.4, -0.2) is 17.9 Å². The normalized spacial score (nSPS) is 11.5. The minimum Gasteiger partial charge on any atom is -0.374 e. The minimum atomic E-state index is -0.512. The van der Waals surface area contributed by atoms with Gasteiger partial charge < -0.3 is 16.4 Å². The molecule has 0 saturated carbocycles. The molecule has 0 spiro atoms. The van der Waals surface area contributed by atoms with E-state index >= 15 is 0 Å². The third-order valence-electron chi connectivity index (χ3n) is 3.04. The molecule has 0 aliphatic carbocycles. The average molecular weight is 318 g/mol. The number of hydrogen-bond acceptors (Lipinski definition) is 3. The first-order chi connectivity index (χ1) is 10.5. The van der Waals surface area contributed by atoms with E-state index in [4.69, 9.17) is 17.3 Å². The van der Waals surface area contributed by atoms with Crippen molar-refractivity contribution in [1.29, 1.82) is 0 Å². The lowest BCUT2D eigenvalue weighted by Crippen LogP contribution is -2.31. The highest BCUT2D eigenvalue weighted by Crippen LogP contribution is 2.15. The summed E-state index contributed by atoms with van der Waals surface area (Å²) in [5, 5.41) is 6.40. The minimum absolute atomic E-state index is 0.202. The predicted molar refractivity (Wildman–Crippen MR) is 88.1 cm³/mol. The second-order valence-corrected chi connectivity index (χ2v) is 5.24. The Morgan fingerprint density at radius 1 is 1.09 bits per heavy atom. The van der Waals surface area contributed by atoms with E-state index in [1.807, 2.05) is 0 Å². The maximum absolute atomic E-state index is 12.1. The summed E-state index contributed by atoms with van der Waals surface area (Å²) in [5.74, 6) is -0.714. The second kappa shape index (κ2) is 6.95. The van der Waals surface area contributed by atoms with Crippen LogP contribution in [0, 0.1) is 0 Å². The highest BCUT2D eigenvalue weighted by Gasteiger charge is 2.13. The van der Waals surface area contributed by atoms with Crippen molar-refractivity contribution in [1.82, 2.24) is 0 Å². The monoisotopic (exact) mass is 317 g/mol. The summed E-state index contributed by atoms with van der Waals surface area (Å²) in [6, 6.07) is 13.0. The van der Waals surface area contributed by atoms with Gasteiger partial charge in [0.25, 0.3) is 0 Å². The first-order valence-electron chi connectivity index (χ1n) is 6.68. The van der Waals surface area contributed by atoms with E-state index in [-0.39, 0.29) is 5.91 Å². The van der Waals surface area contributed by atoms with Crippen molar-refractivity contribution in [2.45, 2.75) is 13.0 Å². The Hall–Kier alpha value is -2.53. The van der Waals surface area contributed by atoms with Gasteiger partial charge in [-0.05, 0) is 49.4 Å². The summed E-state index contributed by atoms with van der Waals surface area (Å²) in [6.07, 6.45) is 0. The molecule has 2 aromatic carbocycles. The molecule has 0 aliphatic heterocycles. The smallest absolute Gasteiger partial charge is 0.248 e. The molecule has 2 aromatic rings. The molecule has 22 heavy (non-hydrogen) atoms. The third kappa shape index (κ3) is 4.23. The first-order valence-corrected chi connectivity index (χ1v) is 7.06. The molecule has 0 aliphatic rings. The Balaban J connectivity index is 2.00.